The lowest BCUT2D eigenvalue weighted by molar-refractivity contribution is 0.325. The summed E-state index contributed by atoms with van der Waals surface area (Å²) < 4.78 is 14.2. The molecule has 0 aromatic heterocycles. The maximum atomic E-state index is 7.24. The van der Waals surface area contributed by atoms with Gasteiger partial charge in [-0.15, -0.1) is 0 Å². The average Bonchev–Trinajstić information content (AvgIpc) is 3.56. The summed E-state index contributed by atoms with van der Waals surface area (Å²) in [5.41, 5.74) is 16.4. The lowest BCUT2D eigenvalue weighted by atomic mass is 9.79. The second-order valence-corrected chi connectivity index (χ2v) is 17.0. The fourth-order valence-corrected chi connectivity index (χ4v) is 7.96. The monoisotopic (exact) mass is 843 g/mol. The van der Waals surface area contributed by atoms with E-state index in [1.54, 1.807) is 0 Å². The van der Waals surface area contributed by atoms with Gasteiger partial charge < -0.3 is 25.4 Å². The summed E-state index contributed by atoms with van der Waals surface area (Å²) in [7, 11) is 0. The maximum absolute atomic E-state index is 7.24. The number of aryl methyl sites for hydroxylation is 1. The van der Waals surface area contributed by atoms with Crippen LogP contribution in [0.2, 0.25) is 0 Å². The molecule has 272 valence electrons. The van der Waals surface area contributed by atoms with Crippen molar-refractivity contribution in [2.45, 2.75) is 64.7 Å². The molecule has 1 heterocycles. The van der Waals surface area contributed by atoms with Crippen molar-refractivity contribution in [3.05, 3.63) is 145 Å². The van der Waals surface area contributed by atoms with Gasteiger partial charge in [-0.2, -0.15) is 0 Å². The fraction of sp³-hybridized carbons (Fsp3) is 0.318. The van der Waals surface area contributed by atoms with E-state index in [9.17, 15) is 0 Å². The Kier molecular flexibility index (Phi) is 11.8. The molecular weight excluding hydrogens is 798 g/mol. The Morgan fingerprint density at radius 1 is 0.885 bits per heavy atom. The number of rotatable bonds is 13. The lowest BCUT2D eigenvalue weighted by Gasteiger charge is -2.28. The van der Waals surface area contributed by atoms with Gasteiger partial charge in [0.05, 0.1) is 6.54 Å². The molecule has 0 amide bonds. The number of nitrogens with one attached hydrogen (secondary N) is 1. The first kappa shape index (κ1) is 38.1. The number of hydrogen-bond acceptors (Lipinski definition) is 5. The van der Waals surface area contributed by atoms with Crippen LogP contribution in [0.25, 0.3) is 0 Å². The van der Waals surface area contributed by atoms with Crippen LogP contribution < -0.4 is 25.4 Å². The molecule has 0 bridgehead atoms. The van der Waals surface area contributed by atoms with Crippen LogP contribution in [-0.2, 0) is 10.8 Å². The number of halogens is 3. The Morgan fingerprint density at radius 3 is 2.21 bits per heavy atom. The molecule has 6 rings (SSSR count). The summed E-state index contributed by atoms with van der Waals surface area (Å²) in [5, 5.41) is 4.51. The van der Waals surface area contributed by atoms with Gasteiger partial charge in [0.1, 0.15) is 24.7 Å². The molecule has 2 aliphatic rings. The Labute approximate surface area is 331 Å². The first-order valence-electron chi connectivity index (χ1n) is 17.9. The zero-order valence-electron chi connectivity index (χ0n) is 30.7. The predicted octanol–water partition coefficient (Wildman–Crippen LogP) is 12.2. The largest absolute Gasteiger partial charge is 0.492 e. The highest BCUT2D eigenvalue weighted by Gasteiger charge is 2.40. The minimum atomic E-state index is -0.251. The van der Waals surface area contributed by atoms with Crippen molar-refractivity contribution in [2.75, 3.05) is 42.3 Å². The van der Waals surface area contributed by atoms with E-state index in [2.05, 4.69) is 119 Å². The Balaban J connectivity index is 1.18. The molecule has 0 saturated heterocycles. The second-order valence-electron chi connectivity index (χ2n) is 14.8. The number of anilines is 3. The molecule has 0 radical (unpaired) electrons. The molecular formula is C44H48Br2ClN3O2. The number of fused-ring (bicyclic) bond motifs is 1. The first-order chi connectivity index (χ1) is 24.8. The van der Waals surface area contributed by atoms with Gasteiger partial charge in [0, 0.05) is 48.7 Å². The first-order valence-corrected chi connectivity index (χ1v) is 19.9. The number of nitrogens with zero attached hydrogens (tertiary/aromatic N) is 1. The van der Waals surface area contributed by atoms with Gasteiger partial charge in [-0.1, -0.05) is 94.9 Å². The summed E-state index contributed by atoms with van der Waals surface area (Å²) >= 11 is 14.2. The average molecular weight is 846 g/mol. The molecule has 5 nitrogen and oxygen atoms in total. The number of ether oxygens (including phenoxy) is 2. The molecule has 8 heteroatoms. The SMILES string of the molecule is Cc1ccc(NCCOc2ccc(Br)cc2)c(C(C)(C)C/C=C2\CCC(/C=C3/N(CCOc4ccc(Br)cc4)c4ccc(N)cc4C3(C)C)=C2Cl)c1. The van der Waals surface area contributed by atoms with Crippen LogP contribution in [-0.4, -0.2) is 26.3 Å². The van der Waals surface area contributed by atoms with E-state index in [-0.39, 0.29) is 10.8 Å². The molecule has 0 fully saturated rings. The zero-order valence-corrected chi connectivity index (χ0v) is 34.6. The van der Waals surface area contributed by atoms with E-state index in [1.165, 1.54) is 39.2 Å². The van der Waals surface area contributed by atoms with E-state index in [0.29, 0.717) is 26.3 Å². The quantitative estimate of drug-likeness (QED) is 0.104. The minimum Gasteiger partial charge on any atom is -0.492 e. The van der Waals surface area contributed by atoms with Crippen LogP contribution in [0, 0.1) is 6.92 Å². The number of nitrogen functional groups attached to an aromatic ring is 1. The summed E-state index contributed by atoms with van der Waals surface area (Å²) in [6.07, 6.45) is 7.37. The van der Waals surface area contributed by atoms with Crippen molar-refractivity contribution < 1.29 is 9.47 Å². The van der Waals surface area contributed by atoms with Gasteiger partial charge in [0.15, 0.2) is 0 Å². The van der Waals surface area contributed by atoms with Crippen LogP contribution in [0.3, 0.4) is 0 Å². The molecule has 0 unspecified atom stereocenters. The van der Waals surface area contributed by atoms with Crippen molar-refractivity contribution >= 4 is 60.5 Å². The maximum Gasteiger partial charge on any atom is 0.119 e. The third kappa shape index (κ3) is 8.75. The van der Waals surface area contributed by atoms with Crippen molar-refractivity contribution in [3.8, 4) is 11.5 Å². The second kappa shape index (κ2) is 16.2. The van der Waals surface area contributed by atoms with E-state index in [4.69, 9.17) is 26.8 Å². The lowest BCUT2D eigenvalue weighted by Crippen LogP contribution is -2.30. The van der Waals surface area contributed by atoms with Gasteiger partial charge >= 0.3 is 0 Å². The van der Waals surface area contributed by atoms with Crippen molar-refractivity contribution in [2.24, 2.45) is 0 Å². The van der Waals surface area contributed by atoms with Crippen LogP contribution in [0.5, 0.6) is 11.5 Å². The predicted molar refractivity (Wildman–Crippen MR) is 226 cm³/mol. The zero-order chi connectivity index (χ0) is 37.0. The molecule has 4 aromatic carbocycles. The highest BCUT2D eigenvalue weighted by molar-refractivity contribution is 9.10. The Hall–Kier alpha value is -3.65. The van der Waals surface area contributed by atoms with Gasteiger partial charge in [-0.25, -0.2) is 0 Å². The number of benzene rings is 4. The highest BCUT2D eigenvalue weighted by Crippen LogP contribution is 2.50. The molecule has 0 atom stereocenters. The van der Waals surface area contributed by atoms with E-state index in [1.807, 2.05) is 54.6 Å². The standard InChI is InChI=1S/C44H48Br2ClN3O2/c1-29-6-18-39(49-22-24-51-35-14-9-32(45)10-15-35)37(26-29)43(2,3)21-20-30-7-8-31(42(30)47)27-41-44(4,5)38-28-34(48)13-19-40(38)50(41)23-25-52-36-16-11-33(46)12-17-36/h6,9-20,26-28,49H,7-8,21-25,48H2,1-5H3/b30-20+,41-27+. The highest BCUT2D eigenvalue weighted by atomic mass is 79.9. The van der Waals surface area contributed by atoms with E-state index in [0.717, 1.165) is 56.1 Å². The molecule has 4 aromatic rings. The Bertz CT molecular complexity index is 2000. The smallest absolute Gasteiger partial charge is 0.119 e. The number of allylic oxidation sites excluding steroid dienone is 6. The van der Waals surface area contributed by atoms with Gasteiger partial charge in [0.2, 0.25) is 0 Å². The summed E-state index contributed by atoms with van der Waals surface area (Å²) in [4.78, 5) is 2.38. The molecule has 52 heavy (non-hydrogen) atoms. The van der Waals surface area contributed by atoms with Crippen LogP contribution >= 0.6 is 43.5 Å². The normalized spacial score (nSPS) is 16.9. The van der Waals surface area contributed by atoms with Crippen molar-refractivity contribution in [1.29, 1.82) is 0 Å². The summed E-state index contributed by atoms with van der Waals surface area (Å²) in [6, 6.07) is 28.8. The van der Waals surface area contributed by atoms with Crippen LogP contribution in [0.15, 0.2) is 128 Å². The third-order valence-corrected chi connectivity index (χ3v) is 11.7. The van der Waals surface area contributed by atoms with Crippen LogP contribution in [0.1, 0.15) is 63.6 Å². The third-order valence-electron chi connectivity index (χ3n) is 10.1. The molecule has 1 aliphatic carbocycles. The molecule has 0 saturated carbocycles. The van der Waals surface area contributed by atoms with Gasteiger partial charge in [-0.3, -0.25) is 0 Å². The number of nitrogens with two attached hydrogens (primary N) is 1. The minimum absolute atomic E-state index is 0.118. The van der Waals surface area contributed by atoms with Crippen molar-refractivity contribution in [3.63, 3.8) is 0 Å². The van der Waals surface area contributed by atoms with E-state index >= 15 is 0 Å². The number of hydrogen-bond donors (Lipinski definition) is 2. The van der Waals surface area contributed by atoms with Crippen LogP contribution in [0.4, 0.5) is 17.1 Å². The molecule has 0 spiro atoms. The topological polar surface area (TPSA) is 59.8 Å². The fourth-order valence-electron chi connectivity index (χ4n) is 7.11. The van der Waals surface area contributed by atoms with Gasteiger partial charge in [-0.05, 0) is 133 Å². The van der Waals surface area contributed by atoms with Gasteiger partial charge in [0.25, 0.3) is 0 Å². The van der Waals surface area contributed by atoms with Crippen molar-refractivity contribution in [1.82, 2.24) is 0 Å². The molecule has 3 N–H and O–H groups in total. The van der Waals surface area contributed by atoms with E-state index < -0.39 is 0 Å². The molecule has 1 aliphatic heterocycles. The Morgan fingerprint density at radius 2 is 1.54 bits per heavy atom. The summed E-state index contributed by atoms with van der Waals surface area (Å²) in [6.45, 7) is 13.9. The summed E-state index contributed by atoms with van der Waals surface area (Å²) in [5.74, 6) is 1.71.